The molecule has 1 N–H and O–H groups in total. The fraction of sp³-hybridized carbons (Fsp3) is 0.931. The lowest BCUT2D eigenvalue weighted by Gasteiger charge is -2.63. The summed E-state index contributed by atoms with van der Waals surface area (Å²) in [6.07, 6.45) is 11.4. The van der Waals surface area contributed by atoms with Gasteiger partial charge in [0.15, 0.2) is 0 Å². The van der Waals surface area contributed by atoms with Crippen molar-refractivity contribution in [3.63, 3.8) is 0 Å². The second kappa shape index (κ2) is 8.87. The van der Waals surface area contributed by atoms with E-state index in [1.807, 2.05) is 6.92 Å². The molecule has 0 aromatic rings. The molecule has 5 nitrogen and oxygen atoms in total. The zero-order valence-corrected chi connectivity index (χ0v) is 22.0. The Kier molecular flexibility index (Phi) is 6.45. The van der Waals surface area contributed by atoms with Crippen molar-refractivity contribution in [2.24, 2.45) is 40.4 Å². The first-order valence-corrected chi connectivity index (χ1v) is 14.2. The van der Waals surface area contributed by atoms with Crippen molar-refractivity contribution in [1.29, 1.82) is 0 Å². The standard InChI is InChI=1S/C29H47NO4/c1-19(31)22-10-11-23-21-9-8-20-16-27(2,33)12-13-28(20,3)26(21)24(17-29(22,23)4)34-25(32)18-30-14-6-5-7-15-30/h20-24,26,33H,5-18H2,1-4H3/t20-,21-,22+,23-,24-,26+,27+,28-,29+/m0/s1. The zero-order chi connectivity index (χ0) is 24.3. The van der Waals surface area contributed by atoms with Crippen molar-refractivity contribution in [3.8, 4) is 0 Å². The van der Waals surface area contributed by atoms with E-state index in [0.29, 0.717) is 36.0 Å². The number of esters is 1. The molecule has 5 aliphatic rings. The molecule has 4 aliphatic carbocycles. The fourth-order valence-electron chi connectivity index (χ4n) is 9.80. The molecule has 0 bridgehead atoms. The molecule has 4 saturated carbocycles. The maximum atomic E-state index is 13.3. The predicted molar refractivity (Wildman–Crippen MR) is 132 cm³/mol. The molecule has 0 aromatic heterocycles. The van der Waals surface area contributed by atoms with Gasteiger partial charge in [-0.1, -0.05) is 20.3 Å². The molecule has 0 unspecified atom stereocenters. The number of carbonyl (C=O) groups excluding carboxylic acids is 2. The van der Waals surface area contributed by atoms with Crippen LogP contribution in [0.15, 0.2) is 0 Å². The first-order valence-electron chi connectivity index (χ1n) is 14.2. The largest absolute Gasteiger partial charge is 0.461 e. The predicted octanol–water partition coefficient (Wildman–Crippen LogP) is 4.99. The Labute approximate surface area is 206 Å². The van der Waals surface area contributed by atoms with Gasteiger partial charge in [-0.15, -0.1) is 0 Å². The fourth-order valence-corrected chi connectivity index (χ4v) is 9.80. The number of hydrogen-bond donors (Lipinski definition) is 1. The van der Waals surface area contributed by atoms with E-state index in [-0.39, 0.29) is 28.8 Å². The van der Waals surface area contributed by atoms with E-state index in [1.54, 1.807) is 6.92 Å². The summed E-state index contributed by atoms with van der Waals surface area (Å²) in [6.45, 7) is 10.9. The van der Waals surface area contributed by atoms with Crippen LogP contribution in [0.4, 0.5) is 0 Å². The highest BCUT2D eigenvalue weighted by atomic mass is 16.5. The number of likely N-dealkylation sites (tertiary alicyclic amines) is 1. The van der Waals surface area contributed by atoms with Gasteiger partial charge in [-0.25, -0.2) is 0 Å². The number of ketones is 1. The van der Waals surface area contributed by atoms with E-state index < -0.39 is 5.60 Å². The number of carbonyl (C=O) groups is 2. The van der Waals surface area contributed by atoms with E-state index >= 15 is 0 Å². The summed E-state index contributed by atoms with van der Waals surface area (Å²) in [5.74, 6) is 2.23. The topological polar surface area (TPSA) is 66.8 Å². The Morgan fingerprint density at radius 2 is 1.68 bits per heavy atom. The highest BCUT2D eigenvalue weighted by Crippen LogP contribution is 2.68. The van der Waals surface area contributed by atoms with Crippen LogP contribution >= 0.6 is 0 Å². The third-order valence-corrected chi connectivity index (χ3v) is 11.4. The molecule has 192 valence electrons. The third-order valence-electron chi connectivity index (χ3n) is 11.4. The van der Waals surface area contributed by atoms with Crippen molar-refractivity contribution in [3.05, 3.63) is 0 Å². The van der Waals surface area contributed by atoms with Crippen LogP contribution in [0.25, 0.3) is 0 Å². The lowest BCUT2D eigenvalue weighted by molar-refractivity contribution is -0.205. The van der Waals surface area contributed by atoms with Crippen molar-refractivity contribution in [2.45, 2.75) is 110 Å². The lowest BCUT2D eigenvalue weighted by Crippen LogP contribution is -2.61. The van der Waals surface area contributed by atoms with Crippen LogP contribution in [0.5, 0.6) is 0 Å². The van der Waals surface area contributed by atoms with Crippen LogP contribution in [-0.2, 0) is 14.3 Å². The number of aliphatic hydroxyl groups is 1. The number of rotatable bonds is 4. The van der Waals surface area contributed by atoms with Gasteiger partial charge in [-0.05, 0) is 120 Å². The smallest absolute Gasteiger partial charge is 0.320 e. The van der Waals surface area contributed by atoms with Crippen LogP contribution in [0.3, 0.4) is 0 Å². The van der Waals surface area contributed by atoms with Crippen LogP contribution < -0.4 is 0 Å². The maximum absolute atomic E-state index is 13.3. The van der Waals surface area contributed by atoms with Gasteiger partial charge in [0.1, 0.15) is 11.9 Å². The molecule has 1 heterocycles. The summed E-state index contributed by atoms with van der Waals surface area (Å²) in [6, 6.07) is 0. The monoisotopic (exact) mass is 473 g/mol. The Morgan fingerprint density at radius 1 is 0.941 bits per heavy atom. The van der Waals surface area contributed by atoms with E-state index in [4.69, 9.17) is 4.74 Å². The minimum Gasteiger partial charge on any atom is -0.461 e. The first-order chi connectivity index (χ1) is 16.0. The van der Waals surface area contributed by atoms with E-state index in [2.05, 4.69) is 18.7 Å². The summed E-state index contributed by atoms with van der Waals surface area (Å²) in [4.78, 5) is 28.2. The SMILES string of the molecule is CC(=O)[C@H]1CC[C@H]2[C@@H]3CC[C@H]4C[C@](C)(O)CC[C@]4(C)[C@H]3[C@@H](OC(=O)CN3CCCCC3)C[C@]12C. The van der Waals surface area contributed by atoms with E-state index in [9.17, 15) is 14.7 Å². The van der Waals surface area contributed by atoms with Gasteiger partial charge < -0.3 is 9.84 Å². The van der Waals surface area contributed by atoms with Crippen molar-refractivity contribution in [1.82, 2.24) is 4.90 Å². The summed E-state index contributed by atoms with van der Waals surface area (Å²) >= 11 is 0. The minimum absolute atomic E-state index is 0.0631. The molecular weight excluding hydrogens is 426 g/mol. The number of ether oxygens (including phenoxy) is 1. The molecule has 0 spiro atoms. The normalized spacial score (nSPS) is 49.0. The molecule has 1 aliphatic heterocycles. The van der Waals surface area contributed by atoms with Crippen molar-refractivity contribution in [2.75, 3.05) is 19.6 Å². The molecule has 5 fully saturated rings. The summed E-state index contributed by atoms with van der Waals surface area (Å²) in [5, 5.41) is 10.9. The number of hydrogen-bond acceptors (Lipinski definition) is 5. The van der Waals surface area contributed by atoms with Crippen molar-refractivity contribution >= 4 is 11.8 Å². The molecule has 34 heavy (non-hydrogen) atoms. The molecule has 0 radical (unpaired) electrons. The Morgan fingerprint density at radius 3 is 2.38 bits per heavy atom. The highest BCUT2D eigenvalue weighted by molar-refractivity contribution is 5.79. The molecule has 0 aromatic carbocycles. The summed E-state index contributed by atoms with van der Waals surface area (Å²) in [5.41, 5.74) is -0.545. The Hall–Kier alpha value is -0.940. The van der Waals surface area contributed by atoms with Crippen LogP contribution in [-0.4, -0.2) is 53.1 Å². The van der Waals surface area contributed by atoms with Gasteiger partial charge in [0.25, 0.3) is 0 Å². The number of Topliss-reactive ketones (excluding diaryl/α,β-unsaturated/α-hetero) is 1. The van der Waals surface area contributed by atoms with Crippen LogP contribution in [0.1, 0.15) is 98.3 Å². The zero-order valence-electron chi connectivity index (χ0n) is 22.0. The average molecular weight is 474 g/mol. The lowest BCUT2D eigenvalue weighted by atomic mass is 9.43. The number of nitrogens with zero attached hydrogens (tertiary/aromatic N) is 1. The maximum Gasteiger partial charge on any atom is 0.320 e. The van der Waals surface area contributed by atoms with Gasteiger partial charge in [0.2, 0.25) is 0 Å². The summed E-state index contributed by atoms with van der Waals surface area (Å²) in [7, 11) is 0. The highest BCUT2D eigenvalue weighted by Gasteiger charge is 2.65. The van der Waals surface area contributed by atoms with E-state index in [1.165, 1.54) is 19.3 Å². The Bertz CT molecular complexity index is 804. The van der Waals surface area contributed by atoms with Gasteiger partial charge in [-0.3, -0.25) is 14.5 Å². The number of fused-ring (bicyclic) bond motifs is 5. The summed E-state index contributed by atoms with van der Waals surface area (Å²) < 4.78 is 6.48. The molecular formula is C29H47NO4. The molecule has 1 saturated heterocycles. The number of piperidine rings is 1. The van der Waals surface area contributed by atoms with Crippen LogP contribution in [0, 0.1) is 40.4 Å². The van der Waals surface area contributed by atoms with Gasteiger partial charge in [-0.2, -0.15) is 0 Å². The van der Waals surface area contributed by atoms with E-state index in [0.717, 1.165) is 64.5 Å². The second-order valence-corrected chi connectivity index (χ2v) is 13.6. The van der Waals surface area contributed by atoms with Gasteiger partial charge in [0.05, 0.1) is 12.1 Å². The minimum atomic E-state index is -0.576. The quantitative estimate of drug-likeness (QED) is 0.583. The first kappa shape index (κ1) is 24.7. The van der Waals surface area contributed by atoms with Crippen molar-refractivity contribution < 1.29 is 19.4 Å². The molecule has 9 atom stereocenters. The molecule has 0 amide bonds. The molecule has 5 heteroatoms. The molecule has 5 rings (SSSR count). The van der Waals surface area contributed by atoms with Crippen LogP contribution in [0.2, 0.25) is 0 Å². The Balaban J connectivity index is 1.44. The second-order valence-electron chi connectivity index (χ2n) is 13.6. The average Bonchev–Trinajstić information content (AvgIpc) is 3.11. The third kappa shape index (κ3) is 4.17. The van der Waals surface area contributed by atoms with Gasteiger partial charge in [0, 0.05) is 11.8 Å². The van der Waals surface area contributed by atoms with Gasteiger partial charge >= 0.3 is 5.97 Å².